The summed E-state index contributed by atoms with van der Waals surface area (Å²) >= 11 is 0. The first-order chi connectivity index (χ1) is 18.7. The molecule has 0 saturated carbocycles. The Hall–Kier alpha value is -4.43. The highest BCUT2D eigenvalue weighted by Crippen LogP contribution is 2.31. The van der Waals surface area contributed by atoms with Gasteiger partial charge in [-0.25, -0.2) is 14.7 Å². The quantitative estimate of drug-likeness (QED) is 0.259. The number of carbonyl (C=O) groups excluding carboxylic acids is 1. The summed E-state index contributed by atoms with van der Waals surface area (Å²) in [6, 6.07) is 21.0. The second kappa shape index (κ2) is 12.4. The lowest BCUT2D eigenvalue weighted by atomic mass is 10.1. The Bertz CT molecular complexity index is 1420. The number of rotatable bonds is 9. The van der Waals surface area contributed by atoms with Crippen molar-refractivity contribution in [2.75, 3.05) is 37.5 Å². The van der Waals surface area contributed by atoms with Gasteiger partial charge in [-0.05, 0) is 88.8 Å². The van der Waals surface area contributed by atoms with Crippen LogP contribution in [0.25, 0.3) is 0 Å². The summed E-state index contributed by atoms with van der Waals surface area (Å²) in [4.78, 5) is 26.3. The number of ether oxygens (including phenoxy) is 2. The summed E-state index contributed by atoms with van der Waals surface area (Å²) < 4.78 is 11.7. The number of nitrogens with one attached hydrogen (secondary N) is 1. The molecule has 0 unspecified atom stereocenters. The van der Waals surface area contributed by atoms with Gasteiger partial charge >= 0.3 is 6.09 Å². The van der Waals surface area contributed by atoms with Crippen LogP contribution in [-0.2, 0) is 0 Å². The zero-order valence-corrected chi connectivity index (χ0v) is 23.4. The van der Waals surface area contributed by atoms with Crippen LogP contribution in [0.4, 0.5) is 27.9 Å². The molecule has 0 radical (unpaired) electrons. The number of likely N-dealkylation sites (N-methyl/N-ethyl adjacent to an activating group) is 1. The van der Waals surface area contributed by atoms with Gasteiger partial charge < -0.3 is 19.7 Å². The summed E-state index contributed by atoms with van der Waals surface area (Å²) in [6.07, 6.45) is 1.06. The minimum atomic E-state index is -0.553. The minimum absolute atomic E-state index is 0.350. The van der Waals surface area contributed by atoms with E-state index in [1.165, 1.54) is 4.90 Å². The van der Waals surface area contributed by atoms with Crippen molar-refractivity contribution >= 4 is 29.2 Å². The van der Waals surface area contributed by atoms with E-state index < -0.39 is 6.09 Å². The van der Waals surface area contributed by atoms with E-state index in [-0.39, 0.29) is 0 Å². The van der Waals surface area contributed by atoms with Crippen molar-refractivity contribution in [2.45, 2.75) is 27.7 Å². The average molecular weight is 526 g/mol. The number of hydrogen-bond acceptors (Lipinski definition) is 7. The van der Waals surface area contributed by atoms with Gasteiger partial charge in [0, 0.05) is 24.5 Å². The molecule has 1 aromatic heterocycles. The number of para-hydroxylation sites is 1. The highest BCUT2D eigenvalue weighted by atomic mass is 16.6. The van der Waals surface area contributed by atoms with E-state index in [4.69, 9.17) is 9.47 Å². The van der Waals surface area contributed by atoms with Gasteiger partial charge in [-0.15, -0.1) is 0 Å². The smallest absolute Gasteiger partial charge is 0.425 e. The van der Waals surface area contributed by atoms with Crippen LogP contribution in [0.2, 0.25) is 0 Å². The predicted octanol–water partition coefficient (Wildman–Crippen LogP) is 6.73. The van der Waals surface area contributed by atoms with Crippen molar-refractivity contribution in [3.63, 3.8) is 0 Å². The second-order valence-corrected chi connectivity index (χ2v) is 9.75. The molecule has 0 aliphatic rings. The number of benzene rings is 3. The van der Waals surface area contributed by atoms with Gasteiger partial charge in [-0.3, -0.25) is 0 Å². The van der Waals surface area contributed by atoms with Gasteiger partial charge in [0.05, 0.1) is 5.69 Å². The van der Waals surface area contributed by atoms with Gasteiger partial charge in [0.15, 0.2) is 0 Å². The summed E-state index contributed by atoms with van der Waals surface area (Å²) in [5.74, 6) is 2.06. The summed E-state index contributed by atoms with van der Waals surface area (Å²) in [7, 11) is 4.02. The molecule has 8 nitrogen and oxygen atoms in total. The van der Waals surface area contributed by atoms with E-state index in [2.05, 4.69) is 20.2 Å². The Morgan fingerprint density at radius 2 is 1.62 bits per heavy atom. The lowest BCUT2D eigenvalue weighted by molar-refractivity contribution is 0.209. The lowest BCUT2D eigenvalue weighted by Gasteiger charge is -2.24. The molecule has 4 aromatic rings. The third-order valence-corrected chi connectivity index (χ3v) is 6.16. The highest BCUT2D eigenvalue weighted by molar-refractivity contribution is 5.97. The van der Waals surface area contributed by atoms with E-state index in [0.29, 0.717) is 29.8 Å². The second-order valence-electron chi connectivity index (χ2n) is 9.75. The Balaban J connectivity index is 1.61. The molecule has 1 heterocycles. The highest BCUT2D eigenvalue weighted by Gasteiger charge is 2.25. The van der Waals surface area contributed by atoms with Crippen LogP contribution in [0.5, 0.6) is 11.5 Å². The summed E-state index contributed by atoms with van der Waals surface area (Å²) in [5, 5.41) is 3.22. The molecule has 4 rings (SSSR count). The molecular formula is C31H35N5O3. The molecule has 0 fully saturated rings. The van der Waals surface area contributed by atoms with Gasteiger partial charge in [-0.1, -0.05) is 35.9 Å². The van der Waals surface area contributed by atoms with Crippen LogP contribution in [0.15, 0.2) is 72.9 Å². The van der Waals surface area contributed by atoms with Crippen LogP contribution in [0.3, 0.4) is 0 Å². The Morgan fingerprint density at radius 1 is 0.897 bits per heavy atom. The van der Waals surface area contributed by atoms with Crippen LogP contribution in [0, 0.1) is 27.7 Å². The van der Waals surface area contributed by atoms with Crippen molar-refractivity contribution in [1.82, 2.24) is 14.9 Å². The summed E-state index contributed by atoms with van der Waals surface area (Å²) in [5.41, 5.74) is 5.25. The Kier molecular flexibility index (Phi) is 8.78. The van der Waals surface area contributed by atoms with Crippen molar-refractivity contribution in [2.24, 2.45) is 0 Å². The molecule has 1 amide bonds. The van der Waals surface area contributed by atoms with Crippen LogP contribution in [-0.4, -0.2) is 48.2 Å². The standard InChI is InChI=1S/C31H35N5O3/c1-21-10-15-27(24(4)20-21)36(31(37)39-29-22(2)8-7-9-23(29)3)28-16-17-32-30(34-28)33-25-11-13-26(14-12-25)38-19-18-35(5)6/h7-17,20H,18-19H2,1-6H3,(H,32,33,34). The van der Waals surface area contributed by atoms with Crippen LogP contribution < -0.4 is 19.7 Å². The molecule has 0 saturated heterocycles. The van der Waals surface area contributed by atoms with E-state index >= 15 is 0 Å². The van der Waals surface area contributed by atoms with Gasteiger partial charge in [0.1, 0.15) is 23.9 Å². The minimum Gasteiger partial charge on any atom is -0.492 e. The topological polar surface area (TPSA) is 79.8 Å². The van der Waals surface area contributed by atoms with Crippen LogP contribution >= 0.6 is 0 Å². The molecule has 0 spiro atoms. The molecule has 3 aromatic carbocycles. The number of nitrogens with zero attached hydrogens (tertiary/aromatic N) is 4. The summed E-state index contributed by atoms with van der Waals surface area (Å²) in [6.45, 7) is 9.26. The zero-order valence-electron chi connectivity index (χ0n) is 23.4. The largest absolute Gasteiger partial charge is 0.492 e. The number of amides is 1. The number of carbonyl (C=O) groups is 1. The lowest BCUT2D eigenvalue weighted by Crippen LogP contribution is -2.31. The van der Waals surface area contributed by atoms with Crippen molar-refractivity contribution < 1.29 is 14.3 Å². The van der Waals surface area contributed by atoms with E-state index in [1.54, 1.807) is 12.3 Å². The molecular weight excluding hydrogens is 490 g/mol. The molecule has 0 aliphatic heterocycles. The van der Waals surface area contributed by atoms with Gasteiger partial charge in [0.2, 0.25) is 5.95 Å². The predicted molar refractivity (Wildman–Crippen MR) is 156 cm³/mol. The Morgan fingerprint density at radius 3 is 2.28 bits per heavy atom. The first-order valence-corrected chi connectivity index (χ1v) is 12.8. The van der Waals surface area contributed by atoms with E-state index in [0.717, 1.165) is 40.2 Å². The van der Waals surface area contributed by atoms with Crippen molar-refractivity contribution in [3.05, 3.63) is 95.2 Å². The molecule has 0 atom stereocenters. The number of anilines is 4. The fourth-order valence-electron chi connectivity index (χ4n) is 4.11. The fraction of sp³-hybridized carbons (Fsp3) is 0.258. The average Bonchev–Trinajstić information content (AvgIpc) is 2.89. The number of hydrogen-bond donors (Lipinski definition) is 1. The zero-order chi connectivity index (χ0) is 27.9. The van der Waals surface area contributed by atoms with Crippen molar-refractivity contribution in [3.8, 4) is 11.5 Å². The maximum Gasteiger partial charge on any atom is 0.425 e. The Labute approximate surface area is 230 Å². The SMILES string of the molecule is Cc1ccc(N(C(=O)Oc2c(C)cccc2C)c2ccnc(Nc3ccc(OCCN(C)C)cc3)n2)c(C)c1. The normalized spacial score (nSPS) is 10.8. The van der Waals surface area contributed by atoms with Crippen molar-refractivity contribution in [1.29, 1.82) is 0 Å². The molecule has 1 N–H and O–H groups in total. The maximum atomic E-state index is 13.7. The first-order valence-electron chi connectivity index (χ1n) is 12.8. The third-order valence-electron chi connectivity index (χ3n) is 6.16. The molecule has 0 bridgehead atoms. The molecule has 202 valence electrons. The van der Waals surface area contributed by atoms with Gasteiger partial charge in [-0.2, -0.15) is 4.98 Å². The molecule has 39 heavy (non-hydrogen) atoms. The van der Waals surface area contributed by atoms with E-state index in [9.17, 15) is 4.79 Å². The van der Waals surface area contributed by atoms with Crippen LogP contribution in [0.1, 0.15) is 22.3 Å². The molecule has 0 aliphatic carbocycles. The maximum absolute atomic E-state index is 13.7. The number of aromatic nitrogens is 2. The number of aryl methyl sites for hydroxylation is 4. The first kappa shape index (κ1) is 27.6. The monoisotopic (exact) mass is 525 g/mol. The van der Waals surface area contributed by atoms with E-state index in [1.807, 2.05) is 102 Å². The fourth-order valence-corrected chi connectivity index (χ4v) is 4.11. The molecule has 8 heteroatoms. The third kappa shape index (κ3) is 7.12. The van der Waals surface area contributed by atoms with Gasteiger partial charge in [0.25, 0.3) is 0 Å².